The van der Waals surface area contributed by atoms with E-state index in [-0.39, 0.29) is 5.56 Å². The number of carboxylic acid groups (broad SMARTS) is 1. The third kappa shape index (κ3) is 2.43. The number of aromatic carboxylic acids is 1. The van der Waals surface area contributed by atoms with Crippen LogP contribution >= 0.6 is 0 Å². The summed E-state index contributed by atoms with van der Waals surface area (Å²) < 4.78 is 0. The van der Waals surface area contributed by atoms with E-state index in [1.165, 1.54) is 0 Å². The predicted molar refractivity (Wildman–Crippen MR) is 80.6 cm³/mol. The number of pyridine rings is 1. The number of aromatic nitrogens is 3. The molecule has 2 heterocycles. The maximum Gasteiger partial charge on any atom is 0.335 e. The van der Waals surface area contributed by atoms with Gasteiger partial charge in [-0.25, -0.2) is 14.8 Å². The molecule has 0 spiro atoms. The third-order valence-electron chi connectivity index (χ3n) is 3.17. The summed E-state index contributed by atoms with van der Waals surface area (Å²) in [5, 5.41) is 9.04. The number of benzene rings is 1. The number of nitrogens with one attached hydrogen (secondary N) is 1. The molecule has 0 aliphatic heterocycles. The molecule has 2 aromatic heterocycles. The zero-order chi connectivity index (χ0) is 15.0. The molecular weight excluding hydrogens is 268 g/mol. The van der Waals surface area contributed by atoms with Crippen molar-refractivity contribution in [3.8, 4) is 11.4 Å². The zero-order valence-electron chi connectivity index (χ0n) is 11.7. The van der Waals surface area contributed by atoms with Gasteiger partial charge in [-0.05, 0) is 24.3 Å². The molecule has 0 saturated heterocycles. The number of fused-ring (bicyclic) bond motifs is 1. The van der Waals surface area contributed by atoms with Crippen molar-refractivity contribution in [2.45, 2.75) is 0 Å². The molecule has 21 heavy (non-hydrogen) atoms. The van der Waals surface area contributed by atoms with Gasteiger partial charge in [0.2, 0.25) is 0 Å². The van der Waals surface area contributed by atoms with Crippen LogP contribution in [0.4, 0.5) is 5.82 Å². The Bertz CT molecular complexity index is 823. The molecule has 0 saturated carbocycles. The highest BCUT2D eigenvalue weighted by Gasteiger charge is 2.10. The number of imidazole rings is 1. The van der Waals surface area contributed by atoms with Gasteiger partial charge in [0, 0.05) is 19.7 Å². The van der Waals surface area contributed by atoms with Gasteiger partial charge >= 0.3 is 5.97 Å². The number of anilines is 1. The van der Waals surface area contributed by atoms with Crippen LogP contribution in [0.25, 0.3) is 22.6 Å². The number of rotatable bonds is 3. The first kappa shape index (κ1) is 13.1. The van der Waals surface area contributed by atoms with Crippen LogP contribution in [0.2, 0.25) is 0 Å². The molecule has 0 amide bonds. The van der Waals surface area contributed by atoms with E-state index < -0.39 is 5.97 Å². The molecule has 2 N–H and O–H groups in total. The molecule has 3 rings (SSSR count). The number of hydrogen-bond donors (Lipinski definition) is 2. The van der Waals surface area contributed by atoms with Gasteiger partial charge in [0.05, 0.1) is 11.1 Å². The summed E-state index contributed by atoms with van der Waals surface area (Å²) in [4.78, 5) is 25.0. The van der Waals surface area contributed by atoms with Gasteiger partial charge in [-0.15, -0.1) is 0 Å². The monoisotopic (exact) mass is 282 g/mol. The normalized spacial score (nSPS) is 10.8. The van der Waals surface area contributed by atoms with Gasteiger partial charge in [-0.2, -0.15) is 0 Å². The minimum absolute atomic E-state index is 0.231. The van der Waals surface area contributed by atoms with Crippen molar-refractivity contribution >= 4 is 23.0 Å². The standard InChI is InChI=1S/C15H14N4O2/c1-19(2)12-7-6-11-14(17-12)18-13(16-11)9-4-3-5-10(8-9)15(20)21/h3-8H,1-2H3,(H,20,21)(H,16,17,18). The van der Waals surface area contributed by atoms with E-state index in [2.05, 4.69) is 15.0 Å². The highest BCUT2D eigenvalue weighted by atomic mass is 16.4. The fraction of sp³-hybridized carbons (Fsp3) is 0.133. The largest absolute Gasteiger partial charge is 0.478 e. The third-order valence-corrected chi connectivity index (χ3v) is 3.17. The molecule has 3 aromatic rings. The smallest absolute Gasteiger partial charge is 0.335 e. The van der Waals surface area contributed by atoms with Gasteiger partial charge in [-0.1, -0.05) is 12.1 Å². The van der Waals surface area contributed by atoms with E-state index in [9.17, 15) is 4.79 Å². The number of nitrogens with zero attached hydrogens (tertiary/aromatic N) is 3. The molecule has 0 atom stereocenters. The van der Waals surface area contributed by atoms with E-state index in [1.54, 1.807) is 18.2 Å². The number of hydrogen-bond acceptors (Lipinski definition) is 4. The van der Waals surface area contributed by atoms with Gasteiger partial charge in [0.25, 0.3) is 0 Å². The van der Waals surface area contributed by atoms with Crippen LogP contribution in [0.1, 0.15) is 10.4 Å². The summed E-state index contributed by atoms with van der Waals surface area (Å²) in [7, 11) is 3.83. The Hall–Kier alpha value is -2.89. The van der Waals surface area contributed by atoms with Crippen LogP contribution in [-0.4, -0.2) is 40.1 Å². The average Bonchev–Trinajstić information content (AvgIpc) is 2.90. The molecule has 6 heteroatoms. The Morgan fingerprint density at radius 3 is 2.71 bits per heavy atom. The first-order valence-corrected chi connectivity index (χ1v) is 6.42. The lowest BCUT2D eigenvalue weighted by molar-refractivity contribution is 0.0697. The number of carbonyl (C=O) groups is 1. The van der Waals surface area contributed by atoms with Crippen LogP contribution < -0.4 is 4.90 Å². The Kier molecular flexibility index (Phi) is 3.06. The second-order valence-corrected chi connectivity index (χ2v) is 4.91. The number of aromatic amines is 1. The van der Waals surface area contributed by atoms with Crippen LogP contribution in [-0.2, 0) is 0 Å². The Morgan fingerprint density at radius 2 is 2.00 bits per heavy atom. The predicted octanol–water partition coefficient (Wildman–Crippen LogP) is 2.39. The summed E-state index contributed by atoms with van der Waals surface area (Å²) in [5.74, 6) is 0.470. The van der Waals surface area contributed by atoms with Gasteiger partial charge in [0.1, 0.15) is 11.6 Å². The highest BCUT2D eigenvalue weighted by molar-refractivity contribution is 5.89. The Labute approximate surface area is 121 Å². The summed E-state index contributed by atoms with van der Waals surface area (Å²) in [6.07, 6.45) is 0. The minimum Gasteiger partial charge on any atom is -0.478 e. The van der Waals surface area contributed by atoms with E-state index in [1.807, 2.05) is 37.2 Å². The molecule has 0 unspecified atom stereocenters. The van der Waals surface area contributed by atoms with Crippen LogP contribution in [0.15, 0.2) is 36.4 Å². The second kappa shape index (κ2) is 4.90. The molecule has 106 valence electrons. The van der Waals surface area contributed by atoms with Crippen LogP contribution in [0.3, 0.4) is 0 Å². The number of H-pyrrole nitrogens is 1. The van der Waals surface area contributed by atoms with Crippen molar-refractivity contribution < 1.29 is 9.90 Å². The molecule has 0 radical (unpaired) electrons. The van der Waals surface area contributed by atoms with Crippen molar-refractivity contribution in [2.24, 2.45) is 0 Å². The topological polar surface area (TPSA) is 82.1 Å². The van der Waals surface area contributed by atoms with Crippen molar-refractivity contribution in [3.05, 3.63) is 42.0 Å². The van der Waals surface area contributed by atoms with E-state index in [0.29, 0.717) is 11.5 Å². The average molecular weight is 282 g/mol. The summed E-state index contributed by atoms with van der Waals surface area (Å²) in [5.41, 5.74) is 2.38. The summed E-state index contributed by atoms with van der Waals surface area (Å²) >= 11 is 0. The lowest BCUT2D eigenvalue weighted by Crippen LogP contribution is -2.10. The van der Waals surface area contributed by atoms with Crippen molar-refractivity contribution in [2.75, 3.05) is 19.0 Å². The maximum absolute atomic E-state index is 11.0. The SMILES string of the molecule is CN(C)c1ccc2[nH]c(-c3cccc(C(=O)O)c3)nc2n1. The molecule has 1 aromatic carbocycles. The first-order valence-electron chi connectivity index (χ1n) is 6.42. The lowest BCUT2D eigenvalue weighted by Gasteiger charge is -2.09. The fourth-order valence-electron chi connectivity index (χ4n) is 2.07. The second-order valence-electron chi connectivity index (χ2n) is 4.91. The Balaban J connectivity index is 2.08. The lowest BCUT2D eigenvalue weighted by atomic mass is 10.1. The van der Waals surface area contributed by atoms with Crippen molar-refractivity contribution in [1.82, 2.24) is 15.0 Å². The summed E-state index contributed by atoms with van der Waals surface area (Å²) in [6, 6.07) is 10.5. The molecule has 6 nitrogen and oxygen atoms in total. The van der Waals surface area contributed by atoms with Gasteiger partial charge in [0.15, 0.2) is 5.65 Å². The molecule has 0 aliphatic rings. The molecule has 0 fully saturated rings. The van der Waals surface area contributed by atoms with Gasteiger partial charge in [-0.3, -0.25) is 0 Å². The van der Waals surface area contributed by atoms with Crippen molar-refractivity contribution in [3.63, 3.8) is 0 Å². The van der Waals surface area contributed by atoms with Gasteiger partial charge < -0.3 is 15.0 Å². The summed E-state index contributed by atoms with van der Waals surface area (Å²) in [6.45, 7) is 0. The molecule has 0 aliphatic carbocycles. The quantitative estimate of drug-likeness (QED) is 0.770. The maximum atomic E-state index is 11.0. The van der Waals surface area contributed by atoms with E-state index in [4.69, 9.17) is 5.11 Å². The fourth-order valence-corrected chi connectivity index (χ4v) is 2.07. The van der Waals surface area contributed by atoms with Crippen LogP contribution in [0, 0.1) is 0 Å². The minimum atomic E-state index is -0.957. The molecule has 0 bridgehead atoms. The number of carboxylic acids is 1. The highest BCUT2D eigenvalue weighted by Crippen LogP contribution is 2.22. The first-order chi connectivity index (χ1) is 10.0. The molecular formula is C15H14N4O2. The van der Waals surface area contributed by atoms with E-state index in [0.717, 1.165) is 16.9 Å². The zero-order valence-corrected chi connectivity index (χ0v) is 11.7. The Morgan fingerprint density at radius 1 is 1.19 bits per heavy atom. The van der Waals surface area contributed by atoms with Crippen LogP contribution in [0.5, 0.6) is 0 Å². The van der Waals surface area contributed by atoms with E-state index >= 15 is 0 Å². The van der Waals surface area contributed by atoms with Crippen molar-refractivity contribution in [1.29, 1.82) is 0 Å².